The number of ether oxygens (including phenoxy) is 2. The second-order valence-electron chi connectivity index (χ2n) is 5.29. The molecular weight excluding hydrogens is 298 g/mol. The van der Waals surface area contributed by atoms with Crippen LogP contribution in [0.5, 0.6) is 5.75 Å². The molecule has 7 heteroatoms. The maximum absolute atomic E-state index is 11.8. The van der Waals surface area contributed by atoms with Crippen LogP contribution in [0.1, 0.15) is 11.6 Å². The van der Waals surface area contributed by atoms with Gasteiger partial charge in [-0.1, -0.05) is 0 Å². The topological polar surface area (TPSA) is 98.6 Å². The molecule has 1 aromatic heterocycles. The van der Waals surface area contributed by atoms with Crippen molar-refractivity contribution in [2.24, 2.45) is 0 Å². The van der Waals surface area contributed by atoms with Crippen LogP contribution in [0.3, 0.4) is 0 Å². The number of hydrogen-bond donors (Lipinski definition) is 2. The minimum absolute atomic E-state index is 0.0446. The zero-order valence-electron chi connectivity index (χ0n) is 12.5. The summed E-state index contributed by atoms with van der Waals surface area (Å²) < 4.78 is 10.6. The minimum Gasteiger partial charge on any atom is -0.480 e. The van der Waals surface area contributed by atoms with Crippen molar-refractivity contribution in [2.75, 3.05) is 32.9 Å². The number of H-pyrrole nitrogens is 1. The molecule has 120 valence electrons. The van der Waals surface area contributed by atoms with Gasteiger partial charge in [-0.25, -0.2) is 0 Å². The largest absolute Gasteiger partial charge is 0.480 e. The van der Waals surface area contributed by atoms with E-state index in [1.165, 1.54) is 0 Å². The fourth-order valence-corrected chi connectivity index (χ4v) is 2.87. The van der Waals surface area contributed by atoms with Gasteiger partial charge in [0, 0.05) is 35.8 Å². The summed E-state index contributed by atoms with van der Waals surface area (Å²) in [6, 6.07) is 6.53. The summed E-state index contributed by atoms with van der Waals surface area (Å²) in [5, 5.41) is 19.1. The number of aliphatic carboxylic acids is 1. The molecule has 2 heterocycles. The lowest BCUT2D eigenvalue weighted by Crippen LogP contribution is -2.42. The molecule has 0 aliphatic carbocycles. The van der Waals surface area contributed by atoms with Crippen molar-refractivity contribution in [3.05, 3.63) is 30.0 Å². The minimum atomic E-state index is -0.892. The number of carboxylic acids is 1. The molecule has 2 N–H and O–H groups in total. The molecular formula is C16H17N3O4. The quantitative estimate of drug-likeness (QED) is 0.868. The lowest BCUT2D eigenvalue weighted by atomic mass is 10.0. The Bertz CT molecular complexity index is 743. The first-order valence-electron chi connectivity index (χ1n) is 7.36. The van der Waals surface area contributed by atoms with Gasteiger partial charge >= 0.3 is 5.97 Å². The van der Waals surface area contributed by atoms with E-state index in [1.807, 2.05) is 17.0 Å². The number of aromatic amines is 1. The first-order valence-corrected chi connectivity index (χ1v) is 7.36. The third kappa shape index (κ3) is 3.13. The summed E-state index contributed by atoms with van der Waals surface area (Å²) in [7, 11) is 0. The molecule has 0 bridgehead atoms. The molecule has 0 radical (unpaired) electrons. The van der Waals surface area contributed by atoms with Crippen LogP contribution in [0.25, 0.3) is 10.9 Å². The van der Waals surface area contributed by atoms with Gasteiger partial charge in [0.1, 0.15) is 17.9 Å². The lowest BCUT2D eigenvalue weighted by Gasteiger charge is -2.31. The SMILES string of the molecule is N#CCOc1ccc2[nH]cc([C@@H](C(=O)O)N3CCOCC3)c2c1. The average molecular weight is 315 g/mol. The average Bonchev–Trinajstić information content (AvgIpc) is 2.97. The van der Waals surface area contributed by atoms with Crippen LogP contribution < -0.4 is 4.74 Å². The Morgan fingerprint density at radius 3 is 2.96 bits per heavy atom. The van der Waals surface area contributed by atoms with Gasteiger partial charge in [0.2, 0.25) is 0 Å². The van der Waals surface area contributed by atoms with E-state index >= 15 is 0 Å². The van der Waals surface area contributed by atoms with Crippen molar-refractivity contribution in [3.63, 3.8) is 0 Å². The predicted octanol–water partition coefficient (Wildman–Crippen LogP) is 1.53. The molecule has 1 aliphatic rings. The first-order chi connectivity index (χ1) is 11.2. The third-order valence-corrected chi connectivity index (χ3v) is 3.93. The smallest absolute Gasteiger partial charge is 0.325 e. The van der Waals surface area contributed by atoms with Crippen molar-refractivity contribution in [1.82, 2.24) is 9.88 Å². The van der Waals surface area contributed by atoms with Crippen LogP contribution in [0.2, 0.25) is 0 Å². The molecule has 1 saturated heterocycles. The van der Waals surface area contributed by atoms with E-state index < -0.39 is 12.0 Å². The fourth-order valence-electron chi connectivity index (χ4n) is 2.87. The van der Waals surface area contributed by atoms with Gasteiger partial charge in [0.25, 0.3) is 0 Å². The van der Waals surface area contributed by atoms with Gasteiger partial charge in [-0.3, -0.25) is 9.69 Å². The zero-order valence-corrected chi connectivity index (χ0v) is 12.5. The standard InChI is InChI=1S/C16H17N3O4/c17-3-6-23-11-1-2-14-12(9-11)13(10-18-14)15(16(20)21)19-4-7-22-8-5-19/h1-2,9-10,15,18H,4-8H2,(H,20,21)/t15-/m0/s1. The van der Waals surface area contributed by atoms with Gasteiger partial charge in [-0.15, -0.1) is 0 Å². The number of hydrogen-bond acceptors (Lipinski definition) is 5. The van der Waals surface area contributed by atoms with Crippen molar-refractivity contribution in [3.8, 4) is 11.8 Å². The zero-order chi connectivity index (χ0) is 16.2. The van der Waals surface area contributed by atoms with Crippen LogP contribution in [0, 0.1) is 11.3 Å². The van der Waals surface area contributed by atoms with Crippen LogP contribution in [0.15, 0.2) is 24.4 Å². The highest BCUT2D eigenvalue weighted by molar-refractivity contribution is 5.90. The third-order valence-electron chi connectivity index (χ3n) is 3.93. The summed E-state index contributed by atoms with van der Waals surface area (Å²) in [5.41, 5.74) is 1.53. The maximum atomic E-state index is 11.8. The fraction of sp³-hybridized carbons (Fsp3) is 0.375. The molecule has 7 nitrogen and oxygen atoms in total. The van der Waals surface area contributed by atoms with Crippen LogP contribution >= 0.6 is 0 Å². The van der Waals surface area contributed by atoms with Gasteiger partial charge in [0.15, 0.2) is 6.61 Å². The Labute approximate surface area is 133 Å². The molecule has 0 spiro atoms. The van der Waals surface area contributed by atoms with E-state index in [-0.39, 0.29) is 6.61 Å². The van der Waals surface area contributed by atoms with Gasteiger partial charge in [-0.2, -0.15) is 5.26 Å². The molecule has 1 aromatic carbocycles. The number of rotatable bonds is 5. The monoisotopic (exact) mass is 315 g/mol. The molecule has 1 fully saturated rings. The van der Waals surface area contributed by atoms with Crippen LogP contribution in [-0.4, -0.2) is 53.9 Å². The van der Waals surface area contributed by atoms with Gasteiger partial charge in [0.05, 0.1) is 13.2 Å². The van der Waals surface area contributed by atoms with Crippen LogP contribution in [0.4, 0.5) is 0 Å². The molecule has 0 saturated carbocycles. The first kappa shape index (κ1) is 15.3. The molecule has 0 unspecified atom stereocenters. The van der Waals surface area contributed by atoms with E-state index in [0.717, 1.165) is 10.9 Å². The van der Waals surface area contributed by atoms with E-state index in [4.69, 9.17) is 14.7 Å². The number of aromatic nitrogens is 1. The summed E-state index contributed by atoms with van der Waals surface area (Å²) >= 11 is 0. The molecule has 2 aromatic rings. The van der Waals surface area contributed by atoms with Crippen molar-refractivity contribution >= 4 is 16.9 Å². The molecule has 1 atom stereocenters. The Kier molecular flexibility index (Phi) is 4.46. The highest BCUT2D eigenvalue weighted by atomic mass is 16.5. The number of nitriles is 1. The molecule has 1 aliphatic heterocycles. The van der Waals surface area contributed by atoms with Gasteiger partial charge in [-0.05, 0) is 18.2 Å². The maximum Gasteiger partial charge on any atom is 0.325 e. The van der Waals surface area contributed by atoms with Gasteiger partial charge < -0.3 is 19.6 Å². The van der Waals surface area contributed by atoms with Crippen LogP contribution in [-0.2, 0) is 9.53 Å². The summed E-state index contributed by atoms with van der Waals surface area (Å²) in [6.45, 7) is 2.17. The van der Waals surface area contributed by atoms with E-state index in [9.17, 15) is 9.90 Å². The predicted molar refractivity (Wildman–Crippen MR) is 82.2 cm³/mol. The second kappa shape index (κ2) is 6.69. The summed E-state index contributed by atoms with van der Waals surface area (Å²) in [4.78, 5) is 16.8. The molecule has 3 rings (SSSR count). The van der Waals surface area contributed by atoms with E-state index in [0.29, 0.717) is 37.6 Å². The Balaban J connectivity index is 1.98. The summed E-state index contributed by atoms with van der Waals surface area (Å²) in [5.74, 6) is -0.345. The molecule has 23 heavy (non-hydrogen) atoms. The van der Waals surface area contributed by atoms with E-state index in [2.05, 4.69) is 4.98 Å². The Hall–Kier alpha value is -2.56. The van der Waals surface area contributed by atoms with Crippen molar-refractivity contribution in [2.45, 2.75) is 6.04 Å². The number of carboxylic acid groups (broad SMARTS) is 1. The van der Waals surface area contributed by atoms with Crippen molar-refractivity contribution in [1.29, 1.82) is 5.26 Å². The van der Waals surface area contributed by atoms with E-state index in [1.54, 1.807) is 18.3 Å². The number of carbonyl (C=O) groups is 1. The lowest BCUT2D eigenvalue weighted by molar-refractivity contribution is -0.145. The number of nitrogens with one attached hydrogen (secondary N) is 1. The second-order valence-corrected chi connectivity index (χ2v) is 5.29. The number of morpholine rings is 1. The number of benzene rings is 1. The molecule has 0 amide bonds. The normalized spacial score (nSPS) is 16.8. The Morgan fingerprint density at radius 1 is 1.48 bits per heavy atom. The Morgan fingerprint density at radius 2 is 2.26 bits per heavy atom. The summed E-state index contributed by atoms with van der Waals surface area (Å²) in [6.07, 6.45) is 1.73. The number of nitrogens with zero attached hydrogens (tertiary/aromatic N) is 2. The number of fused-ring (bicyclic) bond motifs is 1. The highest BCUT2D eigenvalue weighted by Crippen LogP contribution is 2.31. The van der Waals surface area contributed by atoms with Crippen molar-refractivity contribution < 1.29 is 19.4 Å². The highest BCUT2D eigenvalue weighted by Gasteiger charge is 2.30.